The second kappa shape index (κ2) is 9.57. The van der Waals surface area contributed by atoms with E-state index in [0.717, 1.165) is 16.8 Å². The van der Waals surface area contributed by atoms with Gasteiger partial charge in [0.25, 0.3) is 5.91 Å². The van der Waals surface area contributed by atoms with E-state index in [1.54, 1.807) is 29.2 Å². The average Bonchev–Trinajstić information content (AvgIpc) is 3.36. The fraction of sp³-hybridized carbons (Fsp3) is 0.130. The van der Waals surface area contributed by atoms with E-state index in [4.69, 9.17) is 10.5 Å². The van der Waals surface area contributed by atoms with E-state index >= 15 is 0 Å². The number of aromatic nitrogens is 3. The minimum Gasteiger partial charge on any atom is -0.491 e. The van der Waals surface area contributed by atoms with Crippen molar-refractivity contribution in [2.45, 2.75) is 6.04 Å². The minimum absolute atomic E-state index is 0. The maximum Gasteiger partial charge on any atom is 0.272 e. The van der Waals surface area contributed by atoms with Gasteiger partial charge in [-0.2, -0.15) is 10.2 Å². The molecule has 0 radical (unpaired) electrons. The van der Waals surface area contributed by atoms with Crippen LogP contribution in [0.4, 0.5) is 10.1 Å². The molecular formula is C23H21ClFN7O3. The summed E-state index contributed by atoms with van der Waals surface area (Å²) in [6.07, 6.45) is 5.13. The van der Waals surface area contributed by atoms with Gasteiger partial charge >= 0.3 is 0 Å². The number of carbonyl (C=O) groups excluding carboxylic acids is 2. The number of benzene rings is 2. The largest absolute Gasteiger partial charge is 0.491 e. The lowest BCUT2D eigenvalue weighted by molar-refractivity contribution is -0.118. The molecular weight excluding hydrogens is 477 g/mol. The van der Waals surface area contributed by atoms with Crippen molar-refractivity contribution in [3.63, 3.8) is 0 Å². The predicted octanol–water partition coefficient (Wildman–Crippen LogP) is 2.55. The molecule has 0 saturated heterocycles. The molecule has 2 amide bonds. The van der Waals surface area contributed by atoms with Gasteiger partial charge in [0, 0.05) is 41.0 Å². The first-order valence-electron chi connectivity index (χ1n) is 10.4. The topological polar surface area (TPSA) is 139 Å². The Kier molecular flexibility index (Phi) is 6.54. The molecule has 5 N–H and O–H groups in total. The maximum atomic E-state index is 13.0. The molecule has 5 rings (SSSR count). The molecule has 0 spiro atoms. The third-order valence-electron chi connectivity index (χ3n) is 5.38. The van der Waals surface area contributed by atoms with Gasteiger partial charge in [0.15, 0.2) is 0 Å². The summed E-state index contributed by atoms with van der Waals surface area (Å²) >= 11 is 0. The molecule has 3 heterocycles. The van der Waals surface area contributed by atoms with E-state index in [1.165, 1.54) is 24.3 Å². The molecule has 0 bridgehead atoms. The molecule has 1 atom stereocenters. The van der Waals surface area contributed by atoms with E-state index in [1.807, 2.05) is 13.2 Å². The average molecular weight is 498 g/mol. The van der Waals surface area contributed by atoms with Crippen molar-refractivity contribution in [3.8, 4) is 17.0 Å². The number of aromatic amines is 1. The van der Waals surface area contributed by atoms with E-state index < -0.39 is 23.7 Å². The number of hydrogen-bond donors (Lipinski definition) is 4. The number of hydrogen-bond acceptors (Lipinski definition) is 6. The number of anilines is 1. The van der Waals surface area contributed by atoms with Gasteiger partial charge in [-0.15, -0.1) is 12.4 Å². The molecule has 2 aromatic heterocycles. The molecule has 0 saturated carbocycles. The third-order valence-corrected chi connectivity index (χ3v) is 5.38. The van der Waals surface area contributed by atoms with Gasteiger partial charge in [0.05, 0.1) is 23.7 Å². The van der Waals surface area contributed by atoms with Gasteiger partial charge in [-0.1, -0.05) is 0 Å². The molecule has 1 aliphatic rings. The number of hydrazone groups is 1. The van der Waals surface area contributed by atoms with Crippen LogP contribution in [-0.2, 0) is 11.8 Å². The van der Waals surface area contributed by atoms with Crippen LogP contribution in [0.2, 0.25) is 0 Å². The summed E-state index contributed by atoms with van der Waals surface area (Å²) in [6.45, 7) is -0.112. The van der Waals surface area contributed by atoms with Crippen molar-refractivity contribution < 1.29 is 18.7 Å². The highest BCUT2D eigenvalue weighted by atomic mass is 35.5. The summed E-state index contributed by atoms with van der Waals surface area (Å²) in [7, 11) is 1.81. The Morgan fingerprint density at radius 3 is 2.77 bits per heavy atom. The lowest BCUT2D eigenvalue weighted by Gasteiger charge is -2.14. The first kappa shape index (κ1) is 23.9. The van der Waals surface area contributed by atoms with Crippen LogP contribution in [0.3, 0.4) is 0 Å². The van der Waals surface area contributed by atoms with Gasteiger partial charge in [0.1, 0.15) is 24.2 Å². The molecule has 4 aromatic rings. The number of amides is 2. The summed E-state index contributed by atoms with van der Waals surface area (Å²) in [6, 6.07) is 7.70. The molecule has 1 unspecified atom stereocenters. The zero-order valence-electron chi connectivity index (χ0n) is 18.4. The van der Waals surface area contributed by atoms with Gasteiger partial charge in [-0.3, -0.25) is 14.3 Å². The van der Waals surface area contributed by atoms with Crippen LogP contribution in [0.5, 0.6) is 5.75 Å². The Morgan fingerprint density at radius 1 is 1.29 bits per heavy atom. The Balaban J connectivity index is 0.00000289. The fourth-order valence-electron chi connectivity index (χ4n) is 3.76. The molecule has 180 valence electrons. The van der Waals surface area contributed by atoms with Crippen LogP contribution >= 0.6 is 12.4 Å². The number of aryl methyl sites for hydroxylation is 1. The summed E-state index contributed by atoms with van der Waals surface area (Å²) in [5, 5.41) is 11.6. The van der Waals surface area contributed by atoms with Crippen LogP contribution in [0, 0.1) is 5.82 Å². The summed E-state index contributed by atoms with van der Waals surface area (Å²) in [4.78, 5) is 28.6. The number of halogens is 2. The number of carbonyl (C=O) groups is 2. The SMILES string of the molecule is Cl.Cn1cc(-c2[nH]c3cc(NC(=O)C(N)COc4ccc(F)cc4)cc4c3c2C=NNC4=O)cn1. The zero-order valence-corrected chi connectivity index (χ0v) is 19.2. The maximum absolute atomic E-state index is 13.0. The number of nitrogens with zero attached hydrogens (tertiary/aromatic N) is 3. The summed E-state index contributed by atoms with van der Waals surface area (Å²) < 4.78 is 20.2. The Hall–Kier alpha value is -4.22. The number of nitrogens with one attached hydrogen (secondary N) is 3. The number of rotatable bonds is 6. The number of ether oxygens (including phenoxy) is 1. The highest BCUT2D eigenvalue weighted by Crippen LogP contribution is 2.34. The zero-order chi connectivity index (χ0) is 23.8. The van der Waals surface area contributed by atoms with E-state index in [2.05, 4.69) is 25.9 Å². The minimum atomic E-state index is -0.998. The van der Waals surface area contributed by atoms with Crippen molar-refractivity contribution in [1.29, 1.82) is 0 Å². The molecule has 12 heteroatoms. The first-order valence-corrected chi connectivity index (χ1v) is 10.4. The second-order valence-electron chi connectivity index (χ2n) is 7.82. The van der Waals surface area contributed by atoms with Crippen LogP contribution in [0.25, 0.3) is 22.2 Å². The van der Waals surface area contributed by atoms with Crippen molar-refractivity contribution in [1.82, 2.24) is 20.2 Å². The second-order valence-corrected chi connectivity index (χ2v) is 7.82. The normalized spacial score (nSPS) is 13.1. The van der Waals surface area contributed by atoms with E-state index in [0.29, 0.717) is 27.9 Å². The monoisotopic (exact) mass is 497 g/mol. The number of nitrogens with two attached hydrogens (primary N) is 1. The summed E-state index contributed by atoms with van der Waals surface area (Å²) in [5.41, 5.74) is 12.1. The van der Waals surface area contributed by atoms with Crippen molar-refractivity contribution in [2.75, 3.05) is 11.9 Å². The van der Waals surface area contributed by atoms with Gasteiger partial charge in [-0.25, -0.2) is 9.82 Å². The standard InChI is InChI=1S/C23H20FN7O3.ClH/c1-31-10-12(8-27-31)21-17-9-26-30-22(32)16-6-14(7-19(29-21)20(16)17)28-23(33)18(25)11-34-15-4-2-13(24)3-5-15;/h2-10,18,29H,11,25H2,1H3,(H,28,33)(H,30,32);1H. The Morgan fingerprint density at radius 2 is 2.06 bits per heavy atom. The quantitative estimate of drug-likeness (QED) is 0.324. The van der Waals surface area contributed by atoms with Crippen molar-refractivity contribution >= 4 is 47.0 Å². The third kappa shape index (κ3) is 4.72. The van der Waals surface area contributed by atoms with Crippen LogP contribution in [0.15, 0.2) is 53.9 Å². The lowest BCUT2D eigenvalue weighted by Crippen LogP contribution is -2.40. The molecule has 0 aliphatic carbocycles. The van der Waals surface area contributed by atoms with Crippen LogP contribution in [-0.4, -0.2) is 45.4 Å². The van der Waals surface area contributed by atoms with Crippen LogP contribution < -0.4 is 21.2 Å². The highest BCUT2D eigenvalue weighted by molar-refractivity contribution is 6.18. The van der Waals surface area contributed by atoms with Gasteiger partial charge in [0.2, 0.25) is 5.91 Å². The van der Waals surface area contributed by atoms with E-state index in [-0.39, 0.29) is 19.0 Å². The molecule has 0 fully saturated rings. The van der Waals surface area contributed by atoms with Crippen molar-refractivity contribution in [3.05, 3.63) is 65.7 Å². The molecule has 2 aromatic carbocycles. The van der Waals surface area contributed by atoms with Gasteiger partial charge in [-0.05, 0) is 36.4 Å². The fourth-order valence-corrected chi connectivity index (χ4v) is 3.76. The molecule has 1 aliphatic heterocycles. The highest BCUT2D eigenvalue weighted by Gasteiger charge is 2.23. The van der Waals surface area contributed by atoms with E-state index in [9.17, 15) is 14.0 Å². The summed E-state index contributed by atoms with van der Waals surface area (Å²) in [5.74, 6) is -0.904. The van der Waals surface area contributed by atoms with Gasteiger partial charge < -0.3 is 20.8 Å². The molecule has 35 heavy (non-hydrogen) atoms. The Bertz CT molecular complexity index is 1450. The lowest BCUT2D eigenvalue weighted by atomic mass is 10.0. The number of H-pyrrole nitrogens is 1. The predicted molar refractivity (Wildman–Crippen MR) is 131 cm³/mol. The van der Waals surface area contributed by atoms with Crippen molar-refractivity contribution in [2.24, 2.45) is 17.9 Å². The smallest absolute Gasteiger partial charge is 0.272 e. The van der Waals surface area contributed by atoms with Crippen LogP contribution in [0.1, 0.15) is 15.9 Å². The molecule has 10 nitrogen and oxygen atoms in total. The Labute approximate surface area is 204 Å². The first-order chi connectivity index (χ1) is 16.4.